The van der Waals surface area contributed by atoms with Gasteiger partial charge in [0.05, 0.1) is 18.3 Å². The van der Waals surface area contributed by atoms with E-state index in [1.54, 1.807) is 0 Å². The first kappa shape index (κ1) is 16.7. The van der Waals surface area contributed by atoms with E-state index in [1.165, 1.54) is 0 Å². The highest BCUT2D eigenvalue weighted by Crippen LogP contribution is 2.32. The zero-order chi connectivity index (χ0) is 17.1. The summed E-state index contributed by atoms with van der Waals surface area (Å²) in [6.07, 6.45) is 2.08. The summed E-state index contributed by atoms with van der Waals surface area (Å²) >= 11 is 0. The second kappa shape index (κ2) is 7.18. The monoisotopic (exact) mass is 327 g/mol. The fourth-order valence-corrected chi connectivity index (χ4v) is 3.45. The highest BCUT2D eigenvalue weighted by atomic mass is 16.5. The molecular weight excluding hydrogens is 302 g/mol. The quantitative estimate of drug-likeness (QED) is 0.842. The molecule has 0 aliphatic carbocycles. The van der Waals surface area contributed by atoms with Gasteiger partial charge in [-0.05, 0) is 52.3 Å². The number of para-hydroxylation sites is 1. The fourth-order valence-electron chi connectivity index (χ4n) is 3.45. The lowest BCUT2D eigenvalue weighted by Gasteiger charge is -2.30. The maximum absolute atomic E-state index is 13.0. The number of hydrogen-bond donors (Lipinski definition) is 0. The molecule has 5 nitrogen and oxygen atoms in total. The van der Waals surface area contributed by atoms with Crippen LogP contribution in [0, 0.1) is 6.92 Å². The lowest BCUT2D eigenvalue weighted by molar-refractivity contribution is -0.120. The van der Waals surface area contributed by atoms with Crippen LogP contribution in [-0.4, -0.2) is 35.1 Å². The zero-order valence-corrected chi connectivity index (χ0v) is 14.6. The summed E-state index contributed by atoms with van der Waals surface area (Å²) in [5.74, 6) is 0.993. The standard InChI is InChI=1S/C19H25N3O2/c1-14(2)22(16-8-5-4-6-9-16)19(23)13-21-11-7-10-17(21)18-12-15(3)20-24-18/h4-6,8-9,12,14,17H,7,10-11,13H2,1-3H3. The Bertz CT molecular complexity index is 681. The number of aryl methyl sites for hydroxylation is 1. The molecule has 1 unspecified atom stereocenters. The van der Waals surface area contributed by atoms with E-state index in [0.29, 0.717) is 6.54 Å². The van der Waals surface area contributed by atoms with Crippen molar-refractivity contribution in [2.45, 2.75) is 45.7 Å². The third-order valence-corrected chi connectivity index (χ3v) is 4.50. The van der Waals surface area contributed by atoms with Gasteiger partial charge in [0.2, 0.25) is 5.91 Å². The molecule has 1 saturated heterocycles. The highest BCUT2D eigenvalue weighted by molar-refractivity contribution is 5.95. The summed E-state index contributed by atoms with van der Waals surface area (Å²) < 4.78 is 5.44. The number of rotatable bonds is 5. The summed E-state index contributed by atoms with van der Waals surface area (Å²) in [6.45, 7) is 7.33. The largest absolute Gasteiger partial charge is 0.359 e. The average Bonchev–Trinajstić information content (AvgIpc) is 3.17. The zero-order valence-electron chi connectivity index (χ0n) is 14.6. The molecule has 0 spiro atoms. The van der Waals surface area contributed by atoms with E-state index in [0.717, 1.165) is 36.5 Å². The van der Waals surface area contributed by atoms with E-state index in [4.69, 9.17) is 4.52 Å². The molecule has 2 aromatic rings. The number of hydrogen-bond acceptors (Lipinski definition) is 4. The van der Waals surface area contributed by atoms with E-state index in [-0.39, 0.29) is 18.0 Å². The molecule has 0 N–H and O–H groups in total. The van der Waals surface area contributed by atoms with Gasteiger partial charge in [-0.3, -0.25) is 9.69 Å². The van der Waals surface area contributed by atoms with E-state index in [9.17, 15) is 4.79 Å². The minimum absolute atomic E-state index is 0.119. The minimum Gasteiger partial charge on any atom is -0.359 e. The Morgan fingerprint density at radius 3 is 2.75 bits per heavy atom. The molecule has 0 bridgehead atoms. The highest BCUT2D eigenvalue weighted by Gasteiger charge is 2.32. The number of benzene rings is 1. The van der Waals surface area contributed by atoms with Gasteiger partial charge < -0.3 is 9.42 Å². The maximum atomic E-state index is 13.0. The fraction of sp³-hybridized carbons (Fsp3) is 0.474. The van der Waals surface area contributed by atoms with E-state index < -0.39 is 0 Å². The second-order valence-corrected chi connectivity index (χ2v) is 6.69. The Morgan fingerprint density at radius 2 is 2.12 bits per heavy atom. The molecule has 1 fully saturated rings. The van der Waals surface area contributed by atoms with Gasteiger partial charge in [0.15, 0.2) is 5.76 Å². The van der Waals surface area contributed by atoms with E-state index >= 15 is 0 Å². The number of carbonyl (C=O) groups is 1. The first-order valence-electron chi connectivity index (χ1n) is 8.60. The first-order valence-corrected chi connectivity index (χ1v) is 8.60. The lowest BCUT2D eigenvalue weighted by Crippen LogP contribution is -2.43. The predicted molar refractivity (Wildman–Crippen MR) is 93.9 cm³/mol. The molecule has 3 rings (SSSR count). The van der Waals surface area contributed by atoms with Crippen LogP contribution in [0.25, 0.3) is 0 Å². The minimum atomic E-state index is 0.119. The molecule has 0 radical (unpaired) electrons. The summed E-state index contributed by atoms with van der Waals surface area (Å²) in [7, 11) is 0. The topological polar surface area (TPSA) is 49.6 Å². The van der Waals surface area contributed by atoms with Gasteiger partial charge in [-0.2, -0.15) is 0 Å². The van der Waals surface area contributed by atoms with E-state index in [1.807, 2.05) is 62.1 Å². The van der Waals surface area contributed by atoms with Crippen LogP contribution in [0.3, 0.4) is 0 Å². The first-order chi connectivity index (χ1) is 11.6. The molecule has 0 saturated carbocycles. The van der Waals surface area contributed by atoms with Crippen molar-refractivity contribution < 1.29 is 9.32 Å². The van der Waals surface area contributed by atoms with Crippen LogP contribution in [0.2, 0.25) is 0 Å². The van der Waals surface area contributed by atoms with Crippen molar-refractivity contribution >= 4 is 11.6 Å². The Morgan fingerprint density at radius 1 is 1.38 bits per heavy atom. The second-order valence-electron chi connectivity index (χ2n) is 6.69. The Labute approximate surface area is 143 Å². The predicted octanol–water partition coefficient (Wildman–Crippen LogP) is 3.56. The van der Waals surface area contributed by atoms with Crippen LogP contribution in [-0.2, 0) is 4.79 Å². The molecule has 128 valence electrons. The molecule has 1 atom stereocenters. The van der Waals surface area contributed by atoms with Crippen molar-refractivity contribution in [1.29, 1.82) is 0 Å². The van der Waals surface area contributed by atoms with Crippen LogP contribution in [0.5, 0.6) is 0 Å². The summed E-state index contributed by atoms with van der Waals surface area (Å²) in [5, 5.41) is 3.99. The molecule has 24 heavy (non-hydrogen) atoms. The number of likely N-dealkylation sites (tertiary alicyclic amines) is 1. The molecule has 1 amide bonds. The summed E-state index contributed by atoms with van der Waals surface area (Å²) in [5.41, 5.74) is 1.83. The maximum Gasteiger partial charge on any atom is 0.241 e. The lowest BCUT2D eigenvalue weighted by atomic mass is 10.1. The van der Waals surface area contributed by atoms with Crippen LogP contribution < -0.4 is 4.90 Å². The SMILES string of the molecule is Cc1cc(C2CCCN2CC(=O)N(c2ccccc2)C(C)C)on1. The smallest absolute Gasteiger partial charge is 0.241 e. The van der Waals surface area contributed by atoms with Gasteiger partial charge >= 0.3 is 0 Å². The Balaban J connectivity index is 1.75. The van der Waals surface area contributed by atoms with Crippen LogP contribution in [0.4, 0.5) is 5.69 Å². The molecule has 1 aromatic carbocycles. The van der Waals surface area contributed by atoms with Crippen molar-refractivity contribution in [1.82, 2.24) is 10.1 Å². The average molecular weight is 327 g/mol. The Kier molecular flexibility index (Phi) is 5.00. The van der Waals surface area contributed by atoms with Gasteiger partial charge in [-0.25, -0.2) is 0 Å². The number of carbonyl (C=O) groups excluding carboxylic acids is 1. The molecule has 1 aliphatic heterocycles. The van der Waals surface area contributed by atoms with Gasteiger partial charge in [0.25, 0.3) is 0 Å². The molecule has 1 aromatic heterocycles. The van der Waals surface area contributed by atoms with Crippen LogP contribution in [0.15, 0.2) is 40.9 Å². The number of nitrogens with zero attached hydrogens (tertiary/aromatic N) is 3. The van der Waals surface area contributed by atoms with Gasteiger partial charge in [0, 0.05) is 17.8 Å². The van der Waals surface area contributed by atoms with Crippen molar-refractivity contribution in [3.05, 3.63) is 47.9 Å². The normalized spacial score (nSPS) is 18.2. The molecule has 5 heteroatoms. The van der Waals surface area contributed by atoms with Crippen molar-refractivity contribution in [3.8, 4) is 0 Å². The molecular formula is C19H25N3O2. The van der Waals surface area contributed by atoms with Gasteiger partial charge in [-0.15, -0.1) is 0 Å². The Hall–Kier alpha value is -2.14. The summed E-state index contributed by atoms with van der Waals surface area (Å²) in [6, 6.07) is 12.1. The van der Waals surface area contributed by atoms with Crippen molar-refractivity contribution in [2.75, 3.05) is 18.0 Å². The van der Waals surface area contributed by atoms with Crippen LogP contribution >= 0.6 is 0 Å². The number of anilines is 1. The van der Waals surface area contributed by atoms with Crippen LogP contribution in [0.1, 0.15) is 44.2 Å². The van der Waals surface area contributed by atoms with Crippen molar-refractivity contribution in [3.63, 3.8) is 0 Å². The third kappa shape index (κ3) is 3.51. The molecule has 1 aliphatic rings. The number of amides is 1. The number of aromatic nitrogens is 1. The van der Waals surface area contributed by atoms with Crippen molar-refractivity contribution in [2.24, 2.45) is 0 Å². The van der Waals surface area contributed by atoms with Gasteiger partial charge in [0.1, 0.15) is 0 Å². The summed E-state index contributed by atoms with van der Waals surface area (Å²) in [4.78, 5) is 17.0. The van der Waals surface area contributed by atoms with E-state index in [2.05, 4.69) is 10.1 Å². The third-order valence-electron chi connectivity index (χ3n) is 4.50. The van der Waals surface area contributed by atoms with Gasteiger partial charge in [-0.1, -0.05) is 23.4 Å². The molecule has 2 heterocycles.